The summed E-state index contributed by atoms with van der Waals surface area (Å²) in [6.45, 7) is 2.26. The number of unbranched alkanes of at least 4 members (excludes halogenated alkanes) is 10. The largest absolute Gasteiger partial charge is 0.429 e. The fourth-order valence-electron chi connectivity index (χ4n) is 2.86. The summed E-state index contributed by atoms with van der Waals surface area (Å²) in [7, 11) is 0. The Bertz CT molecular complexity index is 371. The smallest absolute Gasteiger partial charge is 0.333 e. The molecule has 0 bridgehead atoms. The van der Waals surface area contributed by atoms with E-state index >= 15 is 0 Å². The molecule has 132 valence electrons. The predicted molar refractivity (Wildman–Crippen MR) is 95.0 cm³/mol. The number of rotatable bonds is 14. The zero-order chi connectivity index (χ0) is 16.8. The fraction of sp³-hybridized carbons (Fsp3) is 0.750. The lowest BCUT2D eigenvalue weighted by Gasteiger charge is -2.06. The van der Waals surface area contributed by atoms with Crippen LogP contribution in [0.1, 0.15) is 90.4 Å². The molecule has 0 aromatic rings. The highest BCUT2D eigenvalue weighted by Crippen LogP contribution is 2.20. The van der Waals surface area contributed by atoms with Gasteiger partial charge in [-0.2, -0.15) is 0 Å². The van der Waals surface area contributed by atoms with Crippen molar-refractivity contribution in [1.82, 2.24) is 0 Å². The summed E-state index contributed by atoms with van der Waals surface area (Å²) < 4.78 is 4.66. The first-order valence-corrected chi connectivity index (χ1v) is 9.48. The summed E-state index contributed by atoms with van der Waals surface area (Å²) in [5.41, 5.74) is 0.730. The Kier molecular flexibility index (Phi) is 11.6. The Balaban J connectivity index is 1.83. The molecular weight excluding hydrogens is 288 g/mol. The maximum Gasteiger partial charge on any atom is 0.333 e. The van der Waals surface area contributed by atoms with E-state index in [4.69, 9.17) is 0 Å². The maximum atomic E-state index is 10.9. The van der Waals surface area contributed by atoms with Gasteiger partial charge < -0.3 is 9.84 Å². The molecule has 0 aromatic heterocycles. The number of hydrogen-bond donors (Lipinski definition) is 1. The van der Waals surface area contributed by atoms with Crippen molar-refractivity contribution in [2.45, 2.75) is 96.7 Å². The molecule has 0 saturated heterocycles. The Morgan fingerprint density at radius 2 is 1.52 bits per heavy atom. The standard InChI is InChI=1S/C20H34O3/c1-2-3-4-5-6-7-8-9-10-11-12-13-14-15-16-18-17-19(21)23-20(18)22/h9-10,17,20,22H,2-8,11-16H2,1H3. The molecule has 0 aromatic carbocycles. The van der Waals surface area contributed by atoms with Crippen LogP contribution in [0.4, 0.5) is 0 Å². The monoisotopic (exact) mass is 322 g/mol. The SMILES string of the molecule is CCCCCCCCC=CCCCCCCC1=CC(=O)OC1O. The topological polar surface area (TPSA) is 46.5 Å². The lowest BCUT2D eigenvalue weighted by atomic mass is 10.1. The summed E-state index contributed by atoms with van der Waals surface area (Å²) in [6, 6.07) is 0. The van der Waals surface area contributed by atoms with E-state index in [1.807, 2.05) is 0 Å². The van der Waals surface area contributed by atoms with E-state index in [-0.39, 0.29) is 0 Å². The number of ether oxygens (including phenoxy) is 1. The molecule has 23 heavy (non-hydrogen) atoms. The molecule has 1 rings (SSSR count). The molecule has 1 unspecified atom stereocenters. The molecule has 0 radical (unpaired) electrons. The van der Waals surface area contributed by atoms with E-state index in [9.17, 15) is 9.90 Å². The highest BCUT2D eigenvalue weighted by atomic mass is 16.6. The Morgan fingerprint density at radius 1 is 0.957 bits per heavy atom. The predicted octanol–water partition coefficient (Wildman–Crippen LogP) is 5.44. The van der Waals surface area contributed by atoms with Crippen LogP contribution >= 0.6 is 0 Å². The molecule has 0 spiro atoms. The highest BCUT2D eigenvalue weighted by Gasteiger charge is 2.22. The van der Waals surface area contributed by atoms with Crippen LogP contribution in [0, 0.1) is 0 Å². The van der Waals surface area contributed by atoms with Crippen LogP contribution in [-0.2, 0) is 9.53 Å². The summed E-state index contributed by atoms with van der Waals surface area (Å²) in [5.74, 6) is -0.414. The van der Waals surface area contributed by atoms with Crippen molar-refractivity contribution >= 4 is 5.97 Å². The Morgan fingerprint density at radius 3 is 2.09 bits per heavy atom. The molecule has 0 aliphatic carbocycles. The molecule has 0 amide bonds. The van der Waals surface area contributed by atoms with Crippen molar-refractivity contribution in [3.63, 3.8) is 0 Å². The van der Waals surface area contributed by atoms with Crippen LogP contribution in [0.3, 0.4) is 0 Å². The summed E-state index contributed by atoms with van der Waals surface area (Å²) >= 11 is 0. The van der Waals surface area contributed by atoms with Gasteiger partial charge in [0.05, 0.1) is 0 Å². The number of carbonyl (C=O) groups excluding carboxylic acids is 1. The molecule has 1 atom stereocenters. The molecule has 0 fully saturated rings. The number of carbonyl (C=O) groups is 1. The fourth-order valence-corrected chi connectivity index (χ4v) is 2.86. The van der Waals surface area contributed by atoms with E-state index in [1.165, 1.54) is 70.3 Å². The van der Waals surface area contributed by atoms with Crippen molar-refractivity contribution < 1.29 is 14.6 Å². The third-order valence-corrected chi connectivity index (χ3v) is 4.33. The zero-order valence-electron chi connectivity index (χ0n) is 14.8. The first-order valence-electron chi connectivity index (χ1n) is 9.48. The minimum absolute atomic E-state index is 0.414. The molecule has 1 aliphatic rings. The molecule has 0 saturated carbocycles. The average molecular weight is 322 g/mol. The van der Waals surface area contributed by atoms with Gasteiger partial charge in [0.2, 0.25) is 6.29 Å². The van der Waals surface area contributed by atoms with Crippen molar-refractivity contribution in [2.75, 3.05) is 0 Å². The number of allylic oxidation sites excluding steroid dienone is 2. The van der Waals surface area contributed by atoms with Crippen LogP contribution in [-0.4, -0.2) is 17.4 Å². The third-order valence-electron chi connectivity index (χ3n) is 4.33. The van der Waals surface area contributed by atoms with Crippen molar-refractivity contribution in [3.05, 3.63) is 23.8 Å². The van der Waals surface area contributed by atoms with Crippen LogP contribution < -0.4 is 0 Å². The molecule has 3 heteroatoms. The van der Waals surface area contributed by atoms with Crippen molar-refractivity contribution in [1.29, 1.82) is 0 Å². The Labute approximate surface area is 141 Å². The van der Waals surface area contributed by atoms with Gasteiger partial charge in [-0.1, -0.05) is 64.0 Å². The first kappa shape index (κ1) is 20.0. The van der Waals surface area contributed by atoms with Gasteiger partial charge in [0, 0.05) is 11.6 Å². The van der Waals surface area contributed by atoms with Gasteiger partial charge in [0.1, 0.15) is 0 Å². The third kappa shape index (κ3) is 10.3. The number of aliphatic hydroxyl groups excluding tert-OH is 1. The van der Waals surface area contributed by atoms with Gasteiger partial charge in [-0.15, -0.1) is 0 Å². The van der Waals surface area contributed by atoms with Gasteiger partial charge >= 0.3 is 5.97 Å². The van der Waals surface area contributed by atoms with Crippen LogP contribution in [0.25, 0.3) is 0 Å². The second-order valence-corrected chi connectivity index (χ2v) is 6.49. The highest BCUT2D eigenvalue weighted by molar-refractivity contribution is 5.85. The second kappa shape index (κ2) is 13.4. The molecule has 1 N–H and O–H groups in total. The van der Waals surface area contributed by atoms with Crippen molar-refractivity contribution in [2.24, 2.45) is 0 Å². The van der Waals surface area contributed by atoms with Gasteiger partial charge in [-0.3, -0.25) is 0 Å². The van der Waals surface area contributed by atoms with E-state index in [0.717, 1.165) is 24.8 Å². The lowest BCUT2D eigenvalue weighted by molar-refractivity contribution is -0.151. The van der Waals surface area contributed by atoms with Crippen LogP contribution in [0.2, 0.25) is 0 Å². The molecule has 1 heterocycles. The van der Waals surface area contributed by atoms with Crippen LogP contribution in [0.15, 0.2) is 23.8 Å². The number of esters is 1. The number of hydrogen-bond acceptors (Lipinski definition) is 3. The second-order valence-electron chi connectivity index (χ2n) is 6.49. The van der Waals surface area contributed by atoms with E-state index in [1.54, 1.807) is 0 Å². The molecular formula is C20H34O3. The first-order chi connectivity index (χ1) is 11.2. The minimum atomic E-state index is -0.993. The van der Waals surface area contributed by atoms with Gasteiger partial charge in [0.25, 0.3) is 0 Å². The summed E-state index contributed by atoms with van der Waals surface area (Å²) in [4.78, 5) is 10.9. The van der Waals surface area contributed by atoms with E-state index in [0.29, 0.717) is 0 Å². The summed E-state index contributed by atoms with van der Waals surface area (Å²) in [5, 5.41) is 9.44. The lowest BCUT2D eigenvalue weighted by Crippen LogP contribution is -2.09. The number of cyclic esters (lactones) is 1. The quantitative estimate of drug-likeness (QED) is 0.263. The van der Waals surface area contributed by atoms with Crippen LogP contribution in [0.5, 0.6) is 0 Å². The van der Waals surface area contributed by atoms with Crippen molar-refractivity contribution in [3.8, 4) is 0 Å². The average Bonchev–Trinajstić information content (AvgIpc) is 2.85. The van der Waals surface area contributed by atoms with Gasteiger partial charge in [-0.25, -0.2) is 4.79 Å². The van der Waals surface area contributed by atoms with E-state index in [2.05, 4.69) is 23.8 Å². The van der Waals surface area contributed by atoms with E-state index < -0.39 is 12.3 Å². The Hall–Kier alpha value is -1.09. The summed E-state index contributed by atoms with van der Waals surface area (Å²) in [6.07, 6.45) is 21.0. The molecule has 1 aliphatic heterocycles. The van der Waals surface area contributed by atoms with Gasteiger partial charge in [-0.05, 0) is 38.5 Å². The molecule has 3 nitrogen and oxygen atoms in total. The maximum absolute atomic E-state index is 10.9. The normalized spacial score (nSPS) is 17.7. The zero-order valence-corrected chi connectivity index (χ0v) is 14.8. The number of aliphatic hydroxyl groups is 1. The van der Waals surface area contributed by atoms with Gasteiger partial charge in [0.15, 0.2) is 0 Å². The minimum Gasteiger partial charge on any atom is -0.429 e.